The van der Waals surface area contributed by atoms with Crippen LogP contribution in [0.2, 0.25) is 0 Å². The van der Waals surface area contributed by atoms with Gasteiger partial charge in [-0.3, -0.25) is 14.4 Å². The van der Waals surface area contributed by atoms with Gasteiger partial charge in [-0.15, -0.1) is 0 Å². The number of hydrogen-bond acceptors (Lipinski definition) is 5. The van der Waals surface area contributed by atoms with Crippen molar-refractivity contribution in [2.75, 3.05) is 6.61 Å². The fourth-order valence-electron chi connectivity index (χ4n) is 0.805. The third-order valence-electron chi connectivity index (χ3n) is 1.53. The van der Waals surface area contributed by atoms with Crippen molar-refractivity contribution in [1.82, 2.24) is 0 Å². The van der Waals surface area contributed by atoms with E-state index in [9.17, 15) is 32.3 Å². The Kier molecular flexibility index (Phi) is 5.49. The molecular formula is C9H9F3O5. The van der Waals surface area contributed by atoms with Crippen molar-refractivity contribution in [2.24, 2.45) is 0 Å². The van der Waals surface area contributed by atoms with E-state index in [2.05, 4.69) is 4.74 Å². The minimum absolute atomic E-state index is 0.0970. The summed E-state index contributed by atoms with van der Waals surface area (Å²) in [6.45, 7) is 1.32. The molecule has 0 aliphatic rings. The maximum Gasteiger partial charge on any atom is 0.450 e. The van der Waals surface area contributed by atoms with Gasteiger partial charge in [-0.05, 0) is 6.92 Å². The molecule has 0 heterocycles. The minimum Gasteiger partial charge on any atom is -0.460 e. The van der Waals surface area contributed by atoms with Gasteiger partial charge in [0, 0.05) is 0 Å². The fraction of sp³-hybridized carbons (Fsp3) is 0.556. The van der Waals surface area contributed by atoms with Gasteiger partial charge in [0.05, 0.1) is 19.4 Å². The monoisotopic (exact) mass is 254 g/mol. The van der Waals surface area contributed by atoms with Gasteiger partial charge >= 0.3 is 12.1 Å². The Hall–Kier alpha value is -1.73. The molecule has 0 aromatic rings. The second kappa shape index (κ2) is 6.12. The van der Waals surface area contributed by atoms with Crippen molar-refractivity contribution in [3.05, 3.63) is 0 Å². The summed E-state index contributed by atoms with van der Waals surface area (Å²) in [5.41, 5.74) is 0. The number of alkyl halides is 3. The van der Waals surface area contributed by atoms with Gasteiger partial charge in [0.1, 0.15) is 5.78 Å². The maximum absolute atomic E-state index is 11.7. The lowest BCUT2D eigenvalue weighted by atomic mass is 10.1. The summed E-state index contributed by atoms with van der Waals surface area (Å²) < 4.78 is 39.5. The zero-order chi connectivity index (χ0) is 13.6. The molecule has 0 radical (unpaired) electrons. The van der Waals surface area contributed by atoms with Crippen LogP contribution in [0.3, 0.4) is 0 Å². The molecule has 8 heteroatoms. The Morgan fingerprint density at radius 2 is 1.59 bits per heavy atom. The number of ketones is 3. The Balaban J connectivity index is 4.25. The lowest BCUT2D eigenvalue weighted by Crippen LogP contribution is -2.27. The molecule has 0 amide bonds. The number of halogens is 3. The van der Waals surface area contributed by atoms with Crippen molar-refractivity contribution in [3.63, 3.8) is 0 Å². The highest BCUT2D eigenvalue weighted by molar-refractivity contribution is 6.37. The molecule has 0 aliphatic heterocycles. The van der Waals surface area contributed by atoms with E-state index in [0.29, 0.717) is 0 Å². The number of esters is 1. The molecule has 0 N–H and O–H groups in total. The van der Waals surface area contributed by atoms with E-state index in [1.807, 2.05) is 0 Å². The number of rotatable bonds is 6. The van der Waals surface area contributed by atoms with Crippen molar-refractivity contribution in [3.8, 4) is 0 Å². The smallest absolute Gasteiger partial charge is 0.450 e. The zero-order valence-corrected chi connectivity index (χ0v) is 8.80. The molecule has 0 aromatic carbocycles. The summed E-state index contributed by atoms with van der Waals surface area (Å²) in [6, 6.07) is 0. The summed E-state index contributed by atoms with van der Waals surface area (Å²) in [5.74, 6) is -6.10. The van der Waals surface area contributed by atoms with E-state index in [-0.39, 0.29) is 6.61 Å². The maximum atomic E-state index is 11.7. The van der Waals surface area contributed by atoms with Crippen LogP contribution in [0.15, 0.2) is 0 Å². The molecule has 96 valence electrons. The first-order valence-electron chi connectivity index (χ1n) is 4.50. The van der Waals surface area contributed by atoms with Crippen molar-refractivity contribution in [1.29, 1.82) is 0 Å². The van der Waals surface area contributed by atoms with E-state index in [1.54, 1.807) is 0 Å². The van der Waals surface area contributed by atoms with Crippen molar-refractivity contribution >= 4 is 23.3 Å². The molecule has 0 saturated carbocycles. The third kappa shape index (κ3) is 5.79. The molecule has 5 nitrogen and oxygen atoms in total. The average molecular weight is 254 g/mol. The quantitative estimate of drug-likeness (QED) is 0.394. The van der Waals surface area contributed by atoms with Crippen molar-refractivity contribution in [2.45, 2.75) is 25.9 Å². The van der Waals surface area contributed by atoms with Crippen LogP contribution in [0.1, 0.15) is 19.8 Å². The fourth-order valence-corrected chi connectivity index (χ4v) is 0.805. The molecule has 0 fully saturated rings. The molecule has 17 heavy (non-hydrogen) atoms. The van der Waals surface area contributed by atoms with Crippen LogP contribution in [0.25, 0.3) is 0 Å². The van der Waals surface area contributed by atoms with Gasteiger partial charge in [0.15, 0.2) is 0 Å². The van der Waals surface area contributed by atoms with Crippen LogP contribution in [-0.4, -0.2) is 36.1 Å². The molecule has 0 saturated heterocycles. The first-order valence-corrected chi connectivity index (χ1v) is 4.50. The van der Waals surface area contributed by atoms with Gasteiger partial charge in [0.2, 0.25) is 11.6 Å². The first kappa shape index (κ1) is 15.3. The van der Waals surface area contributed by atoms with Gasteiger partial charge in [-0.25, -0.2) is 4.79 Å². The Morgan fingerprint density at radius 3 is 2.00 bits per heavy atom. The lowest BCUT2D eigenvalue weighted by molar-refractivity contribution is -0.172. The summed E-state index contributed by atoms with van der Waals surface area (Å²) in [5, 5.41) is 0. The lowest BCUT2D eigenvalue weighted by Gasteiger charge is -2.03. The molecule has 0 spiro atoms. The number of carbonyl (C=O) groups is 4. The van der Waals surface area contributed by atoms with Crippen LogP contribution in [0.4, 0.5) is 13.2 Å². The second-order valence-electron chi connectivity index (χ2n) is 2.96. The van der Waals surface area contributed by atoms with Gasteiger partial charge in [-0.2, -0.15) is 13.2 Å². The Morgan fingerprint density at radius 1 is 1.06 bits per heavy atom. The normalized spacial score (nSPS) is 10.8. The molecule has 0 atom stereocenters. The number of hydrogen-bond donors (Lipinski definition) is 0. The van der Waals surface area contributed by atoms with E-state index in [1.165, 1.54) is 6.92 Å². The molecule has 0 bridgehead atoms. The van der Waals surface area contributed by atoms with Crippen molar-refractivity contribution < 1.29 is 37.1 Å². The Labute approximate surface area is 93.9 Å². The van der Waals surface area contributed by atoms with Crippen LogP contribution < -0.4 is 0 Å². The average Bonchev–Trinajstić information content (AvgIpc) is 2.16. The highest BCUT2D eigenvalue weighted by Gasteiger charge is 2.39. The van der Waals surface area contributed by atoms with Gasteiger partial charge < -0.3 is 4.74 Å². The predicted molar refractivity (Wildman–Crippen MR) is 46.9 cm³/mol. The minimum atomic E-state index is -5.12. The highest BCUT2D eigenvalue weighted by Crippen LogP contribution is 2.18. The summed E-state index contributed by atoms with van der Waals surface area (Å²) in [4.78, 5) is 42.9. The largest absolute Gasteiger partial charge is 0.460 e. The van der Waals surface area contributed by atoms with Gasteiger partial charge in [-0.1, -0.05) is 0 Å². The van der Waals surface area contributed by atoms with Crippen LogP contribution in [0.5, 0.6) is 0 Å². The van der Waals surface area contributed by atoms with Crippen LogP contribution >= 0.6 is 0 Å². The summed E-state index contributed by atoms with van der Waals surface area (Å²) in [6.07, 6.45) is -7.64. The predicted octanol–water partition coefficient (Wildman–Crippen LogP) is 0.599. The molecule has 0 aliphatic carbocycles. The zero-order valence-electron chi connectivity index (χ0n) is 8.80. The number of Topliss-reactive ketones (excluding diaryl/α,β-unsaturated/α-hetero) is 3. The summed E-state index contributed by atoms with van der Waals surface area (Å²) >= 11 is 0. The van der Waals surface area contributed by atoms with E-state index in [4.69, 9.17) is 0 Å². The van der Waals surface area contributed by atoms with E-state index >= 15 is 0 Å². The number of carbonyl (C=O) groups excluding carboxylic acids is 4. The topological polar surface area (TPSA) is 77.5 Å². The van der Waals surface area contributed by atoms with Gasteiger partial charge in [0.25, 0.3) is 0 Å². The second-order valence-corrected chi connectivity index (χ2v) is 2.96. The molecular weight excluding hydrogens is 245 g/mol. The standard InChI is InChI=1S/C9H9F3O5/c1-2-17-8(16)6(14)3-5(13)4-7(15)9(10,11)12/h2-4H2,1H3. The van der Waals surface area contributed by atoms with E-state index in [0.717, 1.165) is 0 Å². The molecule has 0 aromatic heterocycles. The highest BCUT2D eigenvalue weighted by atomic mass is 19.4. The number of ether oxygens (including phenoxy) is 1. The SMILES string of the molecule is CCOC(=O)C(=O)CC(=O)CC(=O)C(F)(F)F. The van der Waals surface area contributed by atoms with Crippen LogP contribution in [0, 0.1) is 0 Å². The Bertz CT molecular complexity index is 345. The van der Waals surface area contributed by atoms with E-state index < -0.39 is 42.3 Å². The summed E-state index contributed by atoms with van der Waals surface area (Å²) in [7, 11) is 0. The molecule has 0 unspecified atom stereocenters. The molecule has 0 rings (SSSR count). The first-order chi connectivity index (χ1) is 7.68. The van der Waals surface area contributed by atoms with Crippen LogP contribution in [-0.2, 0) is 23.9 Å². The third-order valence-corrected chi connectivity index (χ3v) is 1.53.